The lowest BCUT2D eigenvalue weighted by Crippen LogP contribution is -2.36. The van der Waals surface area contributed by atoms with Crippen LogP contribution in [-0.4, -0.2) is 30.8 Å². The number of rotatable bonds is 11. The lowest BCUT2D eigenvalue weighted by atomic mass is 9.97. The van der Waals surface area contributed by atoms with E-state index in [0.29, 0.717) is 18.7 Å². The molecule has 4 aromatic rings. The van der Waals surface area contributed by atoms with E-state index in [-0.39, 0.29) is 6.03 Å². The van der Waals surface area contributed by atoms with Gasteiger partial charge in [0.15, 0.2) is 0 Å². The fraction of sp³-hybridized carbons (Fsp3) is 0.188. The molecule has 2 amide bonds. The summed E-state index contributed by atoms with van der Waals surface area (Å²) in [5.41, 5.74) is 3.45. The van der Waals surface area contributed by atoms with Crippen molar-refractivity contribution in [3.63, 3.8) is 0 Å². The number of amides is 2. The van der Waals surface area contributed by atoms with Crippen LogP contribution in [-0.2, 0) is 11.2 Å². The summed E-state index contributed by atoms with van der Waals surface area (Å²) in [6.45, 7) is 2.39. The second kappa shape index (κ2) is 13.5. The van der Waals surface area contributed by atoms with E-state index >= 15 is 0 Å². The molecule has 0 aromatic heterocycles. The molecule has 0 saturated heterocycles. The number of hydrogen-bond donors (Lipinski definition) is 2. The van der Waals surface area contributed by atoms with Gasteiger partial charge in [0.25, 0.3) is 0 Å². The Balaban J connectivity index is 1.48. The van der Waals surface area contributed by atoms with Crippen LogP contribution >= 0.6 is 11.8 Å². The van der Waals surface area contributed by atoms with Crippen LogP contribution in [0.5, 0.6) is 5.75 Å². The zero-order chi connectivity index (χ0) is 27.6. The molecule has 7 heteroatoms. The van der Waals surface area contributed by atoms with Gasteiger partial charge >= 0.3 is 12.0 Å². The Bertz CT molecular complexity index is 1360. The van der Waals surface area contributed by atoms with Gasteiger partial charge in [0.1, 0.15) is 5.75 Å². The standard InChI is InChI=1S/C32H32N2O4S/c1-3-30(31(35)36)24-9-17-28(18-10-24)39-29-19-13-26(14-20-29)34(22-21-23-7-5-4-6-8-23)32(37)33-25-11-15-27(38-2)16-12-25/h4-20,30H,3,21-22H2,1-2H3,(H,33,37)(H,35,36). The maximum Gasteiger partial charge on any atom is 0.326 e. The minimum atomic E-state index is -0.804. The molecule has 2 N–H and O–H groups in total. The number of carboxylic acids is 1. The van der Waals surface area contributed by atoms with Crippen LogP contribution in [0.4, 0.5) is 16.2 Å². The fourth-order valence-electron chi connectivity index (χ4n) is 4.25. The minimum Gasteiger partial charge on any atom is -0.497 e. The second-order valence-corrected chi connectivity index (χ2v) is 10.2. The highest BCUT2D eigenvalue weighted by atomic mass is 32.2. The highest BCUT2D eigenvalue weighted by molar-refractivity contribution is 7.99. The summed E-state index contributed by atoms with van der Waals surface area (Å²) >= 11 is 1.59. The number of anilines is 2. The van der Waals surface area contributed by atoms with Gasteiger partial charge in [-0.15, -0.1) is 0 Å². The Hall–Kier alpha value is -4.23. The summed E-state index contributed by atoms with van der Waals surface area (Å²) in [4.78, 5) is 28.6. The average Bonchev–Trinajstić information content (AvgIpc) is 2.96. The lowest BCUT2D eigenvalue weighted by Gasteiger charge is -2.24. The van der Waals surface area contributed by atoms with Gasteiger partial charge in [0, 0.05) is 27.7 Å². The van der Waals surface area contributed by atoms with Gasteiger partial charge in [-0.25, -0.2) is 4.79 Å². The average molecular weight is 541 g/mol. The van der Waals surface area contributed by atoms with E-state index < -0.39 is 11.9 Å². The molecule has 0 aliphatic rings. The Labute approximate surface area is 233 Å². The van der Waals surface area contributed by atoms with E-state index in [1.165, 1.54) is 0 Å². The van der Waals surface area contributed by atoms with Gasteiger partial charge in [-0.2, -0.15) is 0 Å². The van der Waals surface area contributed by atoms with E-state index in [1.807, 2.05) is 97.9 Å². The predicted molar refractivity (Wildman–Crippen MR) is 157 cm³/mol. The molecule has 200 valence electrons. The van der Waals surface area contributed by atoms with Crippen molar-refractivity contribution in [1.29, 1.82) is 0 Å². The molecule has 6 nitrogen and oxygen atoms in total. The smallest absolute Gasteiger partial charge is 0.326 e. The highest BCUT2D eigenvalue weighted by Gasteiger charge is 2.18. The Morgan fingerprint density at radius 1 is 0.872 bits per heavy atom. The number of nitrogens with zero attached hydrogens (tertiary/aromatic N) is 1. The van der Waals surface area contributed by atoms with Crippen LogP contribution < -0.4 is 15.0 Å². The van der Waals surface area contributed by atoms with Gasteiger partial charge < -0.3 is 15.2 Å². The molecule has 0 saturated carbocycles. The first-order valence-corrected chi connectivity index (χ1v) is 13.7. The van der Waals surface area contributed by atoms with Crippen LogP contribution in [0.15, 0.2) is 113 Å². The van der Waals surface area contributed by atoms with Gasteiger partial charge in [0.05, 0.1) is 13.0 Å². The van der Waals surface area contributed by atoms with Crippen molar-refractivity contribution in [1.82, 2.24) is 0 Å². The van der Waals surface area contributed by atoms with E-state index in [1.54, 1.807) is 23.8 Å². The molecule has 4 rings (SSSR count). The van der Waals surface area contributed by atoms with E-state index in [0.717, 1.165) is 38.8 Å². The van der Waals surface area contributed by atoms with E-state index in [2.05, 4.69) is 17.4 Å². The van der Waals surface area contributed by atoms with Crippen molar-refractivity contribution < 1.29 is 19.4 Å². The molecule has 0 fully saturated rings. The van der Waals surface area contributed by atoms with Gasteiger partial charge in [0.2, 0.25) is 0 Å². The van der Waals surface area contributed by atoms with Crippen LogP contribution in [0.25, 0.3) is 0 Å². The number of carbonyl (C=O) groups excluding carboxylic acids is 1. The Kier molecular flexibility index (Phi) is 9.64. The number of carbonyl (C=O) groups is 2. The van der Waals surface area contributed by atoms with Crippen molar-refractivity contribution in [3.8, 4) is 5.75 Å². The van der Waals surface area contributed by atoms with Crippen LogP contribution in [0.2, 0.25) is 0 Å². The Morgan fingerprint density at radius 2 is 1.49 bits per heavy atom. The molecule has 0 heterocycles. The van der Waals surface area contributed by atoms with Crippen molar-refractivity contribution in [2.45, 2.75) is 35.5 Å². The summed E-state index contributed by atoms with van der Waals surface area (Å²) in [5.74, 6) is -0.570. The molecule has 4 aromatic carbocycles. The van der Waals surface area contributed by atoms with Crippen LogP contribution in [0.3, 0.4) is 0 Å². The minimum absolute atomic E-state index is 0.212. The zero-order valence-corrected chi connectivity index (χ0v) is 22.9. The third-order valence-corrected chi connectivity index (χ3v) is 7.44. The monoisotopic (exact) mass is 540 g/mol. The molecule has 1 atom stereocenters. The first kappa shape index (κ1) is 27.8. The van der Waals surface area contributed by atoms with Crippen LogP contribution in [0.1, 0.15) is 30.4 Å². The molecule has 0 spiro atoms. The third kappa shape index (κ3) is 7.65. The molecular weight excluding hydrogens is 508 g/mol. The number of nitrogens with one attached hydrogen (secondary N) is 1. The fourth-order valence-corrected chi connectivity index (χ4v) is 5.07. The topological polar surface area (TPSA) is 78.9 Å². The molecule has 0 radical (unpaired) electrons. The number of ether oxygens (including phenoxy) is 1. The summed E-state index contributed by atoms with van der Waals surface area (Å²) in [6, 6.07) is 32.7. The largest absolute Gasteiger partial charge is 0.497 e. The number of carboxylic acid groups (broad SMARTS) is 1. The first-order chi connectivity index (χ1) is 19.0. The van der Waals surface area contributed by atoms with Gasteiger partial charge in [-0.1, -0.05) is 61.2 Å². The highest BCUT2D eigenvalue weighted by Crippen LogP contribution is 2.31. The Morgan fingerprint density at radius 3 is 2.05 bits per heavy atom. The first-order valence-electron chi connectivity index (χ1n) is 12.8. The molecule has 1 unspecified atom stereocenters. The summed E-state index contributed by atoms with van der Waals surface area (Å²) < 4.78 is 5.21. The second-order valence-electron chi connectivity index (χ2n) is 9.01. The lowest BCUT2D eigenvalue weighted by molar-refractivity contribution is -0.138. The molecular formula is C32H32N2O4S. The van der Waals surface area contributed by atoms with E-state index in [9.17, 15) is 14.7 Å². The normalized spacial score (nSPS) is 11.4. The third-order valence-electron chi connectivity index (χ3n) is 6.43. The summed E-state index contributed by atoms with van der Waals surface area (Å²) in [7, 11) is 1.61. The number of methoxy groups -OCH3 is 1. The number of aliphatic carboxylic acids is 1. The maximum absolute atomic E-state index is 13.4. The zero-order valence-electron chi connectivity index (χ0n) is 22.0. The van der Waals surface area contributed by atoms with Crippen molar-refractivity contribution >= 4 is 35.1 Å². The van der Waals surface area contributed by atoms with Gasteiger partial charge in [-0.3, -0.25) is 9.69 Å². The summed E-state index contributed by atoms with van der Waals surface area (Å²) in [6.07, 6.45) is 1.27. The van der Waals surface area contributed by atoms with Gasteiger partial charge in [-0.05, 0) is 84.6 Å². The van der Waals surface area contributed by atoms with Crippen molar-refractivity contribution in [3.05, 3.63) is 114 Å². The molecule has 0 bridgehead atoms. The SMILES string of the molecule is CCC(C(=O)O)c1ccc(Sc2ccc(N(CCc3ccccc3)C(=O)Nc3ccc(OC)cc3)cc2)cc1. The summed E-state index contributed by atoms with van der Waals surface area (Å²) in [5, 5.41) is 12.4. The predicted octanol–water partition coefficient (Wildman–Crippen LogP) is 7.71. The molecule has 0 aliphatic carbocycles. The van der Waals surface area contributed by atoms with E-state index in [4.69, 9.17) is 4.74 Å². The molecule has 0 aliphatic heterocycles. The van der Waals surface area contributed by atoms with Crippen molar-refractivity contribution in [2.24, 2.45) is 0 Å². The molecule has 39 heavy (non-hydrogen) atoms. The van der Waals surface area contributed by atoms with Crippen molar-refractivity contribution in [2.75, 3.05) is 23.9 Å². The maximum atomic E-state index is 13.4. The number of urea groups is 1. The van der Waals surface area contributed by atoms with Crippen LogP contribution in [0, 0.1) is 0 Å². The number of benzene rings is 4. The number of hydrogen-bond acceptors (Lipinski definition) is 4. The quantitative estimate of drug-likeness (QED) is 0.204.